The van der Waals surface area contributed by atoms with Gasteiger partial charge in [-0.25, -0.2) is 19.3 Å². The Kier molecular flexibility index (Phi) is 12.1. The van der Waals surface area contributed by atoms with Crippen LogP contribution in [-0.2, 0) is 32.0 Å². The van der Waals surface area contributed by atoms with E-state index in [0.29, 0.717) is 48.7 Å². The number of anilines is 2. The number of nitrogens with zero attached hydrogens (tertiary/aromatic N) is 8. The molecular weight excluding hydrogens is 669 g/mol. The van der Waals surface area contributed by atoms with E-state index in [1.54, 1.807) is 0 Å². The van der Waals surface area contributed by atoms with Crippen LogP contribution in [0, 0.1) is 0 Å². The number of thiazole rings is 2. The number of carboxylic acid groups (broad SMARTS) is 2. The van der Waals surface area contributed by atoms with E-state index in [1.165, 1.54) is 69.4 Å². The van der Waals surface area contributed by atoms with Crippen molar-refractivity contribution in [3.05, 3.63) is 33.8 Å². The first-order valence-electron chi connectivity index (χ1n) is 13.1. The summed E-state index contributed by atoms with van der Waals surface area (Å²) >= 11 is 5.23. The Balaban J connectivity index is 1.39. The number of aliphatic carboxylic acids is 2. The van der Waals surface area contributed by atoms with Crippen molar-refractivity contribution < 1.29 is 29.4 Å². The molecule has 6 N–H and O–H groups in total. The van der Waals surface area contributed by atoms with Crippen molar-refractivity contribution in [3.8, 4) is 0 Å². The Morgan fingerprint density at radius 3 is 1.53 bits per heavy atom. The summed E-state index contributed by atoms with van der Waals surface area (Å²) in [6.45, 7) is 3.24. The Hall–Kier alpha value is -4.28. The van der Waals surface area contributed by atoms with Crippen LogP contribution < -0.4 is 21.5 Å². The maximum absolute atomic E-state index is 12.0. The summed E-state index contributed by atoms with van der Waals surface area (Å²) in [5.74, 6) is -1.56. The van der Waals surface area contributed by atoms with Crippen LogP contribution in [0.1, 0.15) is 49.7 Å². The topological polar surface area (TPSA) is 244 Å². The second kappa shape index (κ2) is 16.2. The number of thioether (sulfide) groups is 2. The molecule has 0 aliphatic carbocycles. The van der Waals surface area contributed by atoms with E-state index < -0.39 is 11.9 Å². The van der Waals surface area contributed by atoms with E-state index in [0.717, 1.165) is 0 Å². The van der Waals surface area contributed by atoms with E-state index in [2.05, 4.69) is 51.8 Å². The summed E-state index contributed by atoms with van der Waals surface area (Å²) in [6.07, 6.45) is 0.473. The highest BCUT2D eigenvalue weighted by atomic mass is 32.2. The number of aromatic nitrogens is 8. The molecule has 0 unspecified atom stereocenters. The van der Waals surface area contributed by atoms with Crippen molar-refractivity contribution in [2.24, 2.45) is 0 Å². The summed E-state index contributed by atoms with van der Waals surface area (Å²) in [5.41, 5.74) is 6.78. The number of carboxylic acids is 2. The minimum atomic E-state index is -0.906. The van der Waals surface area contributed by atoms with Gasteiger partial charge in [-0.05, 0) is 0 Å². The number of carbonyl (C=O) groups excluding carboxylic acids is 2. The molecule has 0 saturated carbocycles. The van der Waals surface area contributed by atoms with Crippen LogP contribution in [0.5, 0.6) is 0 Å². The molecule has 4 heterocycles. The Bertz CT molecular complexity index is 1530. The first-order valence-corrected chi connectivity index (χ1v) is 16.8. The van der Waals surface area contributed by atoms with Gasteiger partial charge in [0.2, 0.25) is 22.1 Å². The molecule has 240 valence electrons. The van der Waals surface area contributed by atoms with E-state index in [1.807, 2.05) is 10.8 Å². The van der Waals surface area contributed by atoms with Crippen molar-refractivity contribution >= 4 is 80.2 Å². The first-order chi connectivity index (χ1) is 21.6. The molecule has 0 bridgehead atoms. The molecular formula is C23H28N12O6S4. The third-order valence-electron chi connectivity index (χ3n) is 5.33. The fraction of sp³-hybridized carbons (Fsp3) is 0.391. The van der Waals surface area contributed by atoms with Crippen molar-refractivity contribution in [3.63, 3.8) is 0 Å². The van der Waals surface area contributed by atoms with Gasteiger partial charge in [-0.2, -0.15) is 0 Å². The fourth-order valence-electron chi connectivity index (χ4n) is 3.51. The molecule has 4 aromatic heterocycles. The SMILES string of the molecule is CC(=O)Nn1c(Cc2csc(NCCC(=O)O)n2)nnc1SCSc1nnc(Cc2csc(NCCC(=O)O)n2)n1NC(C)=O. The van der Waals surface area contributed by atoms with E-state index in [-0.39, 0.29) is 50.6 Å². The van der Waals surface area contributed by atoms with E-state index >= 15 is 0 Å². The van der Waals surface area contributed by atoms with Crippen molar-refractivity contribution in [2.45, 2.75) is 49.8 Å². The zero-order valence-electron chi connectivity index (χ0n) is 23.8. The van der Waals surface area contributed by atoms with Crippen molar-refractivity contribution in [2.75, 3.05) is 39.7 Å². The average Bonchev–Trinajstić information content (AvgIpc) is 3.75. The molecule has 45 heavy (non-hydrogen) atoms. The van der Waals surface area contributed by atoms with Crippen LogP contribution in [0.2, 0.25) is 0 Å². The monoisotopic (exact) mass is 696 g/mol. The van der Waals surface area contributed by atoms with Gasteiger partial charge in [-0.3, -0.25) is 30.0 Å². The van der Waals surface area contributed by atoms with Crippen LogP contribution in [0.3, 0.4) is 0 Å². The summed E-state index contributed by atoms with van der Waals surface area (Å²) in [5, 5.41) is 46.4. The largest absolute Gasteiger partial charge is 0.481 e. The predicted octanol–water partition coefficient (Wildman–Crippen LogP) is 1.76. The number of carbonyl (C=O) groups is 4. The van der Waals surface area contributed by atoms with Gasteiger partial charge in [0.15, 0.2) is 21.9 Å². The summed E-state index contributed by atoms with van der Waals surface area (Å²) in [4.78, 5) is 54.3. The number of nitrogens with one attached hydrogen (secondary N) is 4. The molecule has 22 heteroatoms. The minimum absolute atomic E-state index is 0.0330. The normalized spacial score (nSPS) is 10.9. The molecule has 0 spiro atoms. The maximum atomic E-state index is 12.0. The lowest BCUT2D eigenvalue weighted by atomic mass is 10.3. The molecule has 4 rings (SSSR count). The van der Waals surface area contributed by atoms with E-state index in [9.17, 15) is 19.2 Å². The quantitative estimate of drug-likeness (QED) is 0.0641. The second-order valence-corrected chi connectivity index (χ2v) is 13.0. The standard InChI is InChI=1S/C23H28N12O6S4/c1-12(36)32-34-16(7-14-9-42-20(26-14)24-5-3-18(38)39)28-30-22(34)44-11-45-23-31-29-17(35(23)33-13(2)37)8-15-10-43-21(27-15)25-6-4-19(40)41/h9-10H,3-8,11H2,1-2H3,(H,24,26)(H,25,27)(H,32,36)(H,33,37)(H,38,39)(H,40,41). The highest BCUT2D eigenvalue weighted by Crippen LogP contribution is 2.27. The Morgan fingerprint density at radius 2 is 1.16 bits per heavy atom. The van der Waals surface area contributed by atoms with Crippen LogP contribution in [-0.4, -0.2) is 91.9 Å². The van der Waals surface area contributed by atoms with Gasteiger partial charge in [0.05, 0.1) is 42.2 Å². The zero-order chi connectivity index (χ0) is 32.3. The van der Waals surface area contributed by atoms with Crippen molar-refractivity contribution in [1.29, 1.82) is 0 Å². The summed E-state index contributed by atoms with van der Waals surface area (Å²) < 4.78 is 2.97. The average molecular weight is 697 g/mol. The van der Waals surface area contributed by atoms with Crippen LogP contribution >= 0.6 is 46.2 Å². The molecule has 0 aliphatic heterocycles. The molecule has 2 amide bonds. The van der Waals surface area contributed by atoms with Gasteiger partial charge in [-0.15, -0.1) is 43.1 Å². The van der Waals surface area contributed by atoms with Gasteiger partial charge in [-0.1, -0.05) is 23.5 Å². The highest BCUT2D eigenvalue weighted by Gasteiger charge is 2.19. The summed E-state index contributed by atoms with van der Waals surface area (Å²) in [7, 11) is 0. The van der Waals surface area contributed by atoms with Gasteiger partial charge in [0.25, 0.3) is 0 Å². The lowest BCUT2D eigenvalue weighted by Crippen LogP contribution is -2.23. The Morgan fingerprint density at radius 1 is 0.733 bits per heavy atom. The molecule has 0 fully saturated rings. The maximum Gasteiger partial charge on any atom is 0.305 e. The summed E-state index contributed by atoms with van der Waals surface area (Å²) in [6, 6.07) is 0. The van der Waals surface area contributed by atoms with Gasteiger partial charge < -0.3 is 20.8 Å². The smallest absolute Gasteiger partial charge is 0.305 e. The lowest BCUT2D eigenvalue weighted by molar-refractivity contribution is -0.137. The highest BCUT2D eigenvalue weighted by molar-refractivity contribution is 8.15. The molecule has 18 nitrogen and oxygen atoms in total. The number of hydrogen-bond acceptors (Lipinski definition) is 16. The number of hydrogen-bond donors (Lipinski definition) is 6. The molecule has 0 atom stereocenters. The molecule has 0 radical (unpaired) electrons. The van der Waals surface area contributed by atoms with Crippen LogP contribution in [0.25, 0.3) is 0 Å². The number of rotatable bonds is 18. The third-order valence-corrected chi connectivity index (χ3v) is 9.01. The van der Waals surface area contributed by atoms with Gasteiger partial charge >= 0.3 is 11.9 Å². The fourth-order valence-corrected chi connectivity index (χ4v) is 6.82. The first kappa shape index (κ1) is 33.6. The van der Waals surface area contributed by atoms with Gasteiger partial charge in [0.1, 0.15) is 0 Å². The predicted molar refractivity (Wildman–Crippen MR) is 168 cm³/mol. The molecule has 0 aliphatic rings. The molecule has 4 aromatic rings. The zero-order valence-corrected chi connectivity index (χ0v) is 27.1. The molecule has 0 saturated heterocycles. The Labute approximate surface area is 271 Å². The van der Waals surface area contributed by atoms with Crippen molar-refractivity contribution in [1.82, 2.24) is 39.7 Å². The van der Waals surface area contributed by atoms with Crippen LogP contribution in [0.4, 0.5) is 10.3 Å². The lowest BCUT2D eigenvalue weighted by Gasteiger charge is -2.10. The third kappa shape index (κ3) is 10.4. The van der Waals surface area contributed by atoms with Crippen LogP contribution in [0.15, 0.2) is 21.1 Å². The minimum Gasteiger partial charge on any atom is -0.481 e. The number of amides is 2. The van der Waals surface area contributed by atoms with E-state index in [4.69, 9.17) is 10.2 Å². The second-order valence-electron chi connectivity index (χ2n) is 8.99. The molecule has 0 aromatic carbocycles. The van der Waals surface area contributed by atoms with Gasteiger partial charge in [0, 0.05) is 37.7 Å².